The molecule has 2 aliphatic rings. The summed E-state index contributed by atoms with van der Waals surface area (Å²) in [4.78, 5) is 22.3. The van der Waals surface area contributed by atoms with Crippen molar-refractivity contribution in [2.45, 2.75) is 77.5 Å². The Balaban J connectivity index is 1.02. The summed E-state index contributed by atoms with van der Waals surface area (Å²) >= 11 is 0. The minimum Gasteiger partial charge on any atom is -0.757 e. The summed E-state index contributed by atoms with van der Waals surface area (Å²) in [5, 5.41) is 13.9. The first-order valence-corrected chi connectivity index (χ1v) is 17.2. The molecule has 0 aromatic heterocycles. The lowest BCUT2D eigenvalue weighted by Crippen LogP contribution is -2.50. The Morgan fingerprint density at radius 1 is 0.500 bits per heavy atom. The maximum absolute atomic E-state index is 12.9. The average molecular weight is 663 g/mol. The summed E-state index contributed by atoms with van der Waals surface area (Å²) in [7, 11) is 0. The average Bonchev–Trinajstić information content (AvgIpc) is 3.37. The van der Waals surface area contributed by atoms with E-state index in [1.807, 2.05) is 104 Å². The van der Waals surface area contributed by atoms with Crippen molar-refractivity contribution in [1.29, 1.82) is 0 Å². The van der Waals surface area contributed by atoms with Gasteiger partial charge in [-0.1, -0.05) is 131 Å². The molecule has 0 amide bonds. The highest BCUT2D eigenvalue weighted by Crippen LogP contribution is 2.39. The molecule has 6 nitrogen and oxygen atoms in total. The van der Waals surface area contributed by atoms with Crippen LogP contribution in [0, 0.1) is 10.1 Å². The van der Waals surface area contributed by atoms with Crippen molar-refractivity contribution in [1.82, 2.24) is 5.06 Å². The van der Waals surface area contributed by atoms with Gasteiger partial charge in [0.2, 0.25) is 0 Å². The molecule has 0 radical (unpaired) electrons. The van der Waals surface area contributed by atoms with Gasteiger partial charge in [-0.25, -0.2) is 0 Å². The van der Waals surface area contributed by atoms with Gasteiger partial charge in [-0.05, 0) is 106 Å². The van der Waals surface area contributed by atoms with Crippen LogP contribution in [-0.4, -0.2) is 43.7 Å². The quantitative estimate of drug-likeness (QED) is 0.139. The Morgan fingerprint density at radius 3 is 1.10 bits per heavy atom. The summed E-state index contributed by atoms with van der Waals surface area (Å²) in [6.45, 7) is 15.8. The van der Waals surface area contributed by atoms with Gasteiger partial charge in [0.1, 0.15) is 5.84 Å². The standard InChI is InChI=1S/C44H46N4O2/c1-41(2)43(5,6)47(49)39(45-41)37-27-23-35(24-28-37)21-19-33-15-11-31(12-16-33)9-10-32-13-17-34(18-14-32)20-22-36-25-29-38(30-26-36)40-46-42(3,4)44(7,8)48(40)50/h9-30H,1-8H3/b10-9+,21-19+,22-20+. The molecule has 0 fully saturated rings. The fourth-order valence-electron chi connectivity index (χ4n) is 5.78. The smallest absolute Gasteiger partial charge is 0.364 e. The third-order valence-electron chi connectivity index (χ3n) is 10.8. The van der Waals surface area contributed by atoms with Crippen LogP contribution in [0.5, 0.6) is 0 Å². The van der Waals surface area contributed by atoms with Crippen LogP contribution in [0.1, 0.15) is 99.9 Å². The maximum Gasteiger partial charge on any atom is 0.364 e. The predicted octanol–water partition coefficient (Wildman–Crippen LogP) is 10.4. The normalized spacial score (nSPS) is 19.1. The summed E-state index contributed by atoms with van der Waals surface area (Å²) in [5.74, 6) is 0.988. The minimum absolute atomic E-state index is 0.450. The summed E-state index contributed by atoms with van der Waals surface area (Å²) in [6, 6.07) is 32.8. The van der Waals surface area contributed by atoms with E-state index in [1.165, 1.54) is 0 Å². The number of nitrogens with zero attached hydrogens (tertiary/aromatic N) is 4. The first-order valence-electron chi connectivity index (χ1n) is 17.2. The Bertz CT molecular complexity index is 2040. The summed E-state index contributed by atoms with van der Waals surface area (Å²) in [6.07, 6.45) is 12.6. The molecule has 50 heavy (non-hydrogen) atoms. The van der Waals surface area contributed by atoms with Crippen molar-refractivity contribution in [3.63, 3.8) is 0 Å². The highest BCUT2D eigenvalue weighted by Gasteiger charge is 2.59. The molecule has 0 saturated carbocycles. The van der Waals surface area contributed by atoms with Crippen LogP contribution in [0.4, 0.5) is 0 Å². The Morgan fingerprint density at radius 2 is 0.820 bits per heavy atom. The topological polar surface area (TPSA) is 71.1 Å². The van der Waals surface area contributed by atoms with Gasteiger partial charge in [0.05, 0.1) is 11.1 Å². The molecule has 0 bridgehead atoms. The van der Waals surface area contributed by atoms with Crippen molar-refractivity contribution >= 4 is 48.1 Å². The van der Waals surface area contributed by atoms with E-state index >= 15 is 0 Å². The van der Waals surface area contributed by atoms with Crippen molar-refractivity contribution < 1.29 is 4.76 Å². The number of hydroxylamine groups is 2. The monoisotopic (exact) mass is 662 g/mol. The molecule has 4 aromatic carbocycles. The lowest BCUT2D eigenvalue weighted by atomic mass is 9.84. The number of benzene rings is 4. The molecule has 6 heteroatoms. The molecule has 0 unspecified atom stereocenters. The summed E-state index contributed by atoms with van der Waals surface area (Å²) < 4.78 is 1.04. The number of nitroso groups, excluding NO2 is 1. The second-order valence-corrected chi connectivity index (χ2v) is 15.3. The number of aliphatic imine (C=N–C) groups is 2. The van der Waals surface area contributed by atoms with Crippen molar-refractivity contribution in [2.24, 2.45) is 9.98 Å². The van der Waals surface area contributed by atoms with Crippen LogP contribution in [0.2, 0.25) is 0 Å². The number of hydrogen-bond donors (Lipinski definition) is 0. The van der Waals surface area contributed by atoms with Crippen molar-refractivity contribution in [2.75, 3.05) is 0 Å². The molecule has 6 rings (SSSR count). The molecule has 2 aliphatic heterocycles. The highest BCUT2D eigenvalue weighted by molar-refractivity contribution is 6.01. The number of rotatable bonds is 8. The Kier molecular flexibility index (Phi) is 8.96. The lowest BCUT2D eigenvalue weighted by Gasteiger charge is -2.45. The van der Waals surface area contributed by atoms with Gasteiger partial charge in [-0.3, -0.25) is 4.99 Å². The SMILES string of the molecule is CC1(C)N=C(c2ccc(/C=C/c3ccc(/C=C/c4ccc(/C=C/c5ccc(C6=NC(C)(C)C(C)(C)[N+]6=O)cc5)cc4)cc3)cc2)N([O-])C1(C)C. The van der Waals surface area contributed by atoms with E-state index in [0.29, 0.717) is 11.7 Å². The first-order chi connectivity index (χ1) is 23.6. The zero-order chi connectivity index (χ0) is 35.9. The molecule has 0 spiro atoms. The molecule has 0 saturated heterocycles. The van der Waals surface area contributed by atoms with Gasteiger partial charge in [0.15, 0.2) is 11.1 Å². The predicted molar refractivity (Wildman–Crippen MR) is 211 cm³/mol. The van der Waals surface area contributed by atoms with E-state index in [-0.39, 0.29) is 0 Å². The molecule has 0 atom stereocenters. The Labute approximate surface area is 296 Å². The second-order valence-electron chi connectivity index (χ2n) is 15.3. The van der Waals surface area contributed by atoms with E-state index < -0.39 is 22.2 Å². The van der Waals surface area contributed by atoms with Crippen LogP contribution in [-0.2, 0) is 0 Å². The molecular formula is C44H46N4O2. The van der Waals surface area contributed by atoms with Gasteiger partial charge < -0.3 is 10.3 Å². The van der Waals surface area contributed by atoms with E-state index in [9.17, 15) is 10.1 Å². The lowest BCUT2D eigenvalue weighted by molar-refractivity contribution is -0.514. The first kappa shape index (κ1) is 34.7. The molecule has 0 aliphatic carbocycles. The largest absolute Gasteiger partial charge is 0.757 e. The zero-order valence-corrected chi connectivity index (χ0v) is 30.3. The van der Waals surface area contributed by atoms with Crippen LogP contribution in [0.3, 0.4) is 0 Å². The van der Waals surface area contributed by atoms with Crippen molar-refractivity contribution in [3.8, 4) is 0 Å². The second kappa shape index (κ2) is 12.9. The fourth-order valence-corrected chi connectivity index (χ4v) is 5.78. The van der Waals surface area contributed by atoms with Crippen LogP contribution >= 0.6 is 0 Å². The molecule has 0 N–H and O–H groups in total. The van der Waals surface area contributed by atoms with Gasteiger partial charge in [-0.2, -0.15) is 0 Å². The fraction of sp³-hybridized carbons (Fsp3) is 0.273. The van der Waals surface area contributed by atoms with Crippen LogP contribution < -0.4 is 0 Å². The molecule has 254 valence electrons. The van der Waals surface area contributed by atoms with E-state index in [4.69, 9.17) is 9.98 Å². The van der Waals surface area contributed by atoms with Crippen LogP contribution in [0.25, 0.3) is 36.5 Å². The third-order valence-corrected chi connectivity index (χ3v) is 10.8. The summed E-state index contributed by atoms with van der Waals surface area (Å²) in [5.41, 5.74) is 6.18. The number of amidine groups is 2. The highest BCUT2D eigenvalue weighted by atomic mass is 16.5. The van der Waals surface area contributed by atoms with E-state index in [1.54, 1.807) is 0 Å². The van der Waals surface area contributed by atoms with E-state index in [0.717, 1.165) is 54.3 Å². The Hall–Kier alpha value is -5.20. The minimum atomic E-state index is -0.591. The maximum atomic E-state index is 12.9. The molecule has 2 heterocycles. The third kappa shape index (κ3) is 6.68. The van der Waals surface area contributed by atoms with Gasteiger partial charge in [0, 0.05) is 11.1 Å². The molecular weight excluding hydrogens is 617 g/mol. The van der Waals surface area contributed by atoms with Gasteiger partial charge >= 0.3 is 5.84 Å². The van der Waals surface area contributed by atoms with Gasteiger partial charge in [-0.15, -0.1) is 0 Å². The van der Waals surface area contributed by atoms with Gasteiger partial charge in [0.25, 0.3) is 0 Å². The zero-order valence-electron chi connectivity index (χ0n) is 30.3. The number of hydrogen-bond acceptors (Lipinski definition) is 5. The molecule has 4 aromatic rings. The van der Waals surface area contributed by atoms with Crippen molar-refractivity contribution in [3.05, 3.63) is 152 Å². The van der Waals surface area contributed by atoms with E-state index in [2.05, 4.69) is 85.0 Å². The van der Waals surface area contributed by atoms with Crippen LogP contribution in [0.15, 0.2) is 107 Å².